The minimum atomic E-state index is -0.733. The van der Waals surface area contributed by atoms with Crippen LogP contribution in [0.1, 0.15) is 22.3 Å². The number of imide groups is 1. The second kappa shape index (κ2) is 3.92. The van der Waals surface area contributed by atoms with Crippen molar-refractivity contribution in [2.24, 2.45) is 0 Å². The molecule has 2 aliphatic rings. The highest BCUT2D eigenvalue weighted by atomic mass is 16.2. The van der Waals surface area contributed by atoms with Crippen LogP contribution in [0.3, 0.4) is 0 Å². The van der Waals surface area contributed by atoms with Crippen LogP contribution in [0.5, 0.6) is 0 Å². The Kier molecular flexibility index (Phi) is 2.35. The van der Waals surface area contributed by atoms with Crippen molar-refractivity contribution in [1.29, 1.82) is 0 Å². The molecule has 0 spiro atoms. The predicted octanol–water partition coefficient (Wildman–Crippen LogP) is 0.608. The average Bonchev–Trinajstić information content (AvgIpc) is 2.89. The highest BCUT2D eigenvalue weighted by Gasteiger charge is 2.41. The first kappa shape index (κ1) is 11.4. The van der Waals surface area contributed by atoms with Crippen LogP contribution in [0.15, 0.2) is 18.2 Å². The van der Waals surface area contributed by atoms with Crippen LogP contribution in [0.25, 0.3) is 4.85 Å². The maximum atomic E-state index is 12.2. The summed E-state index contributed by atoms with van der Waals surface area (Å²) in [5, 5.41) is 2.19. The van der Waals surface area contributed by atoms with Gasteiger partial charge in [-0.25, -0.2) is 4.85 Å². The molecule has 0 aromatic heterocycles. The molecule has 0 aliphatic carbocycles. The van der Waals surface area contributed by atoms with Gasteiger partial charge in [-0.2, -0.15) is 0 Å². The van der Waals surface area contributed by atoms with E-state index in [0.717, 1.165) is 5.56 Å². The molecule has 0 unspecified atom stereocenters. The number of amides is 3. The third-order valence-electron chi connectivity index (χ3n) is 3.37. The first-order chi connectivity index (χ1) is 9.10. The molecule has 1 fully saturated rings. The zero-order valence-corrected chi connectivity index (χ0v) is 9.84. The second-order valence-electron chi connectivity index (χ2n) is 4.52. The van der Waals surface area contributed by atoms with Gasteiger partial charge >= 0.3 is 0 Å². The molecular formula is C13H9N3O3. The fourth-order valence-corrected chi connectivity index (χ4v) is 2.44. The molecule has 0 saturated carbocycles. The fourth-order valence-electron chi connectivity index (χ4n) is 2.44. The predicted molar refractivity (Wildman–Crippen MR) is 64.1 cm³/mol. The Morgan fingerprint density at radius 2 is 2.11 bits per heavy atom. The quantitative estimate of drug-likeness (QED) is 0.590. The largest absolute Gasteiger partial charge is 0.322 e. The van der Waals surface area contributed by atoms with Crippen molar-refractivity contribution in [2.45, 2.75) is 19.0 Å². The van der Waals surface area contributed by atoms with Gasteiger partial charge in [0.1, 0.15) is 6.04 Å². The van der Waals surface area contributed by atoms with Crippen molar-refractivity contribution >= 4 is 23.4 Å². The number of nitrogens with one attached hydrogen (secondary N) is 1. The summed E-state index contributed by atoms with van der Waals surface area (Å²) in [4.78, 5) is 39.7. The molecule has 3 amide bonds. The normalized spacial score (nSPS) is 21.3. The van der Waals surface area contributed by atoms with Gasteiger partial charge in [0.15, 0.2) is 5.69 Å². The van der Waals surface area contributed by atoms with Crippen molar-refractivity contribution in [3.63, 3.8) is 0 Å². The van der Waals surface area contributed by atoms with Crippen LogP contribution in [0.4, 0.5) is 5.69 Å². The molecule has 1 aromatic carbocycles. The first-order valence-corrected chi connectivity index (χ1v) is 5.75. The van der Waals surface area contributed by atoms with E-state index in [4.69, 9.17) is 6.57 Å². The monoisotopic (exact) mass is 255 g/mol. The molecule has 1 aromatic rings. The summed E-state index contributed by atoms with van der Waals surface area (Å²) in [6.45, 7) is 7.22. The van der Waals surface area contributed by atoms with Crippen molar-refractivity contribution in [3.05, 3.63) is 40.7 Å². The zero-order chi connectivity index (χ0) is 13.6. The lowest BCUT2D eigenvalue weighted by atomic mass is 10.1. The number of hydrogen-bond donors (Lipinski definition) is 1. The van der Waals surface area contributed by atoms with Crippen LogP contribution in [0, 0.1) is 6.57 Å². The summed E-state index contributed by atoms with van der Waals surface area (Å²) in [6.07, 6.45) is 0.00817. The van der Waals surface area contributed by atoms with Crippen LogP contribution in [0.2, 0.25) is 0 Å². The number of hydrogen-bond acceptors (Lipinski definition) is 3. The van der Waals surface area contributed by atoms with Crippen molar-refractivity contribution < 1.29 is 14.4 Å². The number of carbonyl (C=O) groups excluding carboxylic acids is 3. The second-order valence-corrected chi connectivity index (χ2v) is 4.52. The molecule has 1 N–H and O–H groups in total. The molecule has 94 valence electrons. The Morgan fingerprint density at radius 1 is 1.32 bits per heavy atom. The Morgan fingerprint density at radius 3 is 2.74 bits per heavy atom. The highest BCUT2D eigenvalue weighted by molar-refractivity contribution is 6.09. The van der Waals surface area contributed by atoms with E-state index in [1.807, 2.05) is 0 Å². The molecule has 3 rings (SSSR count). The van der Waals surface area contributed by atoms with Gasteiger partial charge in [-0.15, -0.1) is 0 Å². The van der Waals surface area contributed by atoms with E-state index >= 15 is 0 Å². The molecule has 6 heteroatoms. The van der Waals surface area contributed by atoms with Gasteiger partial charge in [0.2, 0.25) is 11.8 Å². The SMILES string of the molecule is [C-]#[N+]c1ccc2c(c1)CN([C@H]1CC(=O)NC1=O)C2=O. The van der Waals surface area contributed by atoms with Gasteiger partial charge in [-0.1, -0.05) is 18.2 Å². The first-order valence-electron chi connectivity index (χ1n) is 5.75. The van der Waals surface area contributed by atoms with E-state index in [1.165, 1.54) is 4.90 Å². The lowest BCUT2D eigenvalue weighted by Crippen LogP contribution is -2.40. The lowest BCUT2D eigenvalue weighted by molar-refractivity contribution is -0.126. The molecule has 1 atom stereocenters. The molecule has 0 radical (unpaired) electrons. The summed E-state index contributed by atoms with van der Waals surface area (Å²) in [5.41, 5.74) is 1.69. The molecular weight excluding hydrogens is 246 g/mol. The zero-order valence-electron chi connectivity index (χ0n) is 9.84. The molecule has 6 nitrogen and oxygen atoms in total. The van der Waals surface area contributed by atoms with Gasteiger partial charge in [0, 0.05) is 12.1 Å². The maximum absolute atomic E-state index is 12.2. The lowest BCUT2D eigenvalue weighted by Gasteiger charge is -2.20. The molecule has 0 bridgehead atoms. The molecule has 2 aliphatic heterocycles. The van der Waals surface area contributed by atoms with Crippen LogP contribution in [-0.4, -0.2) is 28.7 Å². The maximum Gasteiger partial charge on any atom is 0.255 e. The minimum Gasteiger partial charge on any atom is -0.322 e. The van der Waals surface area contributed by atoms with Crippen LogP contribution in [-0.2, 0) is 16.1 Å². The molecule has 2 heterocycles. The molecule has 1 saturated heterocycles. The Balaban J connectivity index is 1.93. The summed E-state index contributed by atoms with van der Waals surface area (Å²) in [6, 6.07) is 4.09. The van der Waals surface area contributed by atoms with Crippen LogP contribution >= 0.6 is 0 Å². The van der Waals surface area contributed by atoms with E-state index in [9.17, 15) is 14.4 Å². The van der Waals surface area contributed by atoms with E-state index in [1.54, 1.807) is 18.2 Å². The van der Waals surface area contributed by atoms with Gasteiger partial charge in [-0.3, -0.25) is 19.7 Å². The van der Waals surface area contributed by atoms with Gasteiger partial charge < -0.3 is 4.90 Å². The van der Waals surface area contributed by atoms with Crippen molar-refractivity contribution in [3.8, 4) is 0 Å². The Bertz CT molecular complexity index is 660. The Hall–Kier alpha value is -2.68. The average molecular weight is 255 g/mol. The van der Waals surface area contributed by atoms with Crippen molar-refractivity contribution in [1.82, 2.24) is 10.2 Å². The number of rotatable bonds is 1. The van der Waals surface area contributed by atoms with Gasteiger partial charge in [-0.05, 0) is 5.56 Å². The molecule has 19 heavy (non-hydrogen) atoms. The number of carbonyl (C=O) groups is 3. The van der Waals surface area contributed by atoms with Gasteiger partial charge in [0.05, 0.1) is 13.0 Å². The van der Waals surface area contributed by atoms with Gasteiger partial charge in [0.25, 0.3) is 5.91 Å². The Labute approximate surface area is 108 Å². The van der Waals surface area contributed by atoms with E-state index < -0.39 is 11.9 Å². The topological polar surface area (TPSA) is 70.8 Å². The van der Waals surface area contributed by atoms with Crippen LogP contribution < -0.4 is 5.32 Å². The summed E-state index contributed by atoms with van der Waals surface area (Å²) in [7, 11) is 0. The third kappa shape index (κ3) is 1.67. The summed E-state index contributed by atoms with van der Waals surface area (Å²) < 4.78 is 0. The highest BCUT2D eigenvalue weighted by Crippen LogP contribution is 2.29. The van der Waals surface area contributed by atoms with E-state index in [2.05, 4.69) is 10.2 Å². The standard InChI is InChI=1S/C13H9N3O3/c1-14-8-2-3-9-7(4-8)6-16(13(9)19)10-5-11(17)15-12(10)18/h2-4,10H,5-6H2,(H,15,17,18)/t10-/m0/s1. The smallest absolute Gasteiger partial charge is 0.255 e. The van der Waals surface area contributed by atoms with E-state index in [-0.39, 0.29) is 24.8 Å². The van der Waals surface area contributed by atoms with E-state index in [0.29, 0.717) is 11.3 Å². The minimum absolute atomic E-state index is 0.00817. The van der Waals surface area contributed by atoms with Crippen molar-refractivity contribution in [2.75, 3.05) is 0 Å². The number of benzene rings is 1. The number of nitrogens with zero attached hydrogens (tertiary/aromatic N) is 2. The third-order valence-corrected chi connectivity index (χ3v) is 3.37. The number of fused-ring (bicyclic) bond motifs is 1. The summed E-state index contributed by atoms with van der Waals surface area (Å²) in [5.74, 6) is -1.06. The fraction of sp³-hybridized carbons (Fsp3) is 0.231. The summed E-state index contributed by atoms with van der Waals surface area (Å²) >= 11 is 0.